The molecule has 3 rings (SSSR count). The largest absolute Gasteiger partial charge is 0.494 e. The standard InChI is InChI=1S/C24H33N3O3.HI/c1-25-24(26-13-6-14-29-22-9-3-2-4-10-22)27-18-20-7-5-8-21(17-20)19-30-23-11-15-28-16-12-23;/h2-5,7-10,17,23H,6,11-16,18-19H2,1H3,(H2,25,26,27);1H. The molecule has 0 saturated carbocycles. The predicted molar refractivity (Wildman–Crippen MR) is 135 cm³/mol. The summed E-state index contributed by atoms with van der Waals surface area (Å²) in [4.78, 5) is 4.30. The van der Waals surface area contributed by atoms with Gasteiger partial charge in [0, 0.05) is 33.4 Å². The number of ether oxygens (including phenoxy) is 3. The highest BCUT2D eigenvalue weighted by molar-refractivity contribution is 14.0. The van der Waals surface area contributed by atoms with E-state index in [9.17, 15) is 0 Å². The molecule has 2 aromatic rings. The van der Waals surface area contributed by atoms with Gasteiger partial charge in [-0.25, -0.2) is 0 Å². The highest BCUT2D eigenvalue weighted by atomic mass is 127. The van der Waals surface area contributed by atoms with Crippen molar-refractivity contribution in [1.29, 1.82) is 0 Å². The number of hydrogen-bond acceptors (Lipinski definition) is 4. The van der Waals surface area contributed by atoms with Gasteiger partial charge in [0.1, 0.15) is 5.75 Å². The summed E-state index contributed by atoms with van der Waals surface area (Å²) in [7, 11) is 1.79. The minimum absolute atomic E-state index is 0. The molecule has 2 N–H and O–H groups in total. The number of para-hydroxylation sites is 1. The van der Waals surface area contributed by atoms with Crippen molar-refractivity contribution in [3.8, 4) is 5.75 Å². The van der Waals surface area contributed by atoms with Gasteiger partial charge in [0.15, 0.2) is 5.96 Å². The first-order valence-electron chi connectivity index (χ1n) is 10.7. The number of benzene rings is 2. The number of hydrogen-bond donors (Lipinski definition) is 2. The van der Waals surface area contributed by atoms with E-state index in [-0.39, 0.29) is 24.0 Å². The molecule has 0 spiro atoms. The third kappa shape index (κ3) is 9.88. The molecule has 1 saturated heterocycles. The second kappa shape index (κ2) is 15.0. The molecule has 0 bridgehead atoms. The van der Waals surface area contributed by atoms with Crippen LogP contribution in [0.15, 0.2) is 59.6 Å². The zero-order chi connectivity index (χ0) is 20.9. The van der Waals surface area contributed by atoms with Crippen LogP contribution in [0.3, 0.4) is 0 Å². The van der Waals surface area contributed by atoms with E-state index in [0.717, 1.165) is 50.7 Å². The van der Waals surface area contributed by atoms with Gasteiger partial charge in [-0.1, -0.05) is 42.5 Å². The number of nitrogens with zero attached hydrogens (tertiary/aromatic N) is 1. The number of rotatable bonds is 10. The molecule has 1 heterocycles. The van der Waals surface area contributed by atoms with Gasteiger partial charge in [-0.05, 0) is 42.5 Å². The van der Waals surface area contributed by atoms with Gasteiger partial charge in [-0.3, -0.25) is 4.99 Å². The molecule has 0 radical (unpaired) electrons. The van der Waals surface area contributed by atoms with Crippen molar-refractivity contribution < 1.29 is 14.2 Å². The molecule has 1 aliphatic rings. The molecular formula is C24H34IN3O3. The Bertz CT molecular complexity index is 768. The Morgan fingerprint density at radius 2 is 1.81 bits per heavy atom. The summed E-state index contributed by atoms with van der Waals surface area (Å²) in [5, 5.41) is 6.70. The fraction of sp³-hybridized carbons (Fsp3) is 0.458. The third-order valence-electron chi connectivity index (χ3n) is 4.95. The monoisotopic (exact) mass is 539 g/mol. The van der Waals surface area contributed by atoms with E-state index in [1.807, 2.05) is 30.3 Å². The van der Waals surface area contributed by atoms with Gasteiger partial charge < -0.3 is 24.8 Å². The molecule has 2 aromatic carbocycles. The van der Waals surface area contributed by atoms with Crippen LogP contribution in [0.4, 0.5) is 0 Å². The minimum atomic E-state index is 0. The molecule has 0 atom stereocenters. The van der Waals surface area contributed by atoms with E-state index in [1.54, 1.807) is 7.05 Å². The normalized spacial score (nSPS) is 14.5. The molecule has 0 amide bonds. The average molecular weight is 539 g/mol. The topological polar surface area (TPSA) is 64.1 Å². The Labute approximate surface area is 202 Å². The van der Waals surface area contributed by atoms with Crippen molar-refractivity contribution in [1.82, 2.24) is 10.6 Å². The second-order valence-electron chi connectivity index (χ2n) is 7.31. The Kier molecular flexibility index (Phi) is 12.3. The van der Waals surface area contributed by atoms with Crippen LogP contribution in [-0.4, -0.2) is 45.5 Å². The van der Waals surface area contributed by atoms with Gasteiger partial charge in [-0.15, -0.1) is 24.0 Å². The summed E-state index contributed by atoms with van der Waals surface area (Å²) < 4.78 is 17.1. The first kappa shape index (κ1) is 25.4. The Balaban J connectivity index is 0.00000341. The lowest BCUT2D eigenvalue weighted by Gasteiger charge is -2.22. The quantitative estimate of drug-likeness (QED) is 0.206. The van der Waals surface area contributed by atoms with Crippen LogP contribution in [0.5, 0.6) is 5.75 Å². The van der Waals surface area contributed by atoms with E-state index in [4.69, 9.17) is 14.2 Å². The second-order valence-corrected chi connectivity index (χ2v) is 7.31. The molecule has 170 valence electrons. The summed E-state index contributed by atoms with van der Waals surface area (Å²) in [6.45, 7) is 4.44. The summed E-state index contributed by atoms with van der Waals surface area (Å²) in [5.41, 5.74) is 2.40. The SMILES string of the molecule is CN=C(NCCCOc1ccccc1)NCc1cccc(COC2CCOCC2)c1.I. The highest BCUT2D eigenvalue weighted by Crippen LogP contribution is 2.14. The number of halogens is 1. The molecule has 0 aromatic heterocycles. The van der Waals surface area contributed by atoms with Crippen LogP contribution in [0, 0.1) is 0 Å². The number of nitrogens with one attached hydrogen (secondary N) is 2. The molecule has 0 aliphatic carbocycles. The fourth-order valence-corrected chi connectivity index (χ4v) is 3.28. The molecule has 1 fully saturated rings. The molecule has 31 heavy (non-hydrogen) atoms. The summed E-state index contributed by atoms with van der Waals surface area (Å²) >= 11 is 0. The molecular weight excluding hydrogens is 505 g/mol. The van der Waals surface area contributed by atoms with Crippen LogP contribution in [0.2, 0.25) is 0 Å². The van der Waals surface area contributed by atoms with E-state index >= 15 is 0 Å². The molecule has 6 nitrogen and oxygen atoms in total. The van der Waals surface area contributed by atoms with Crippen molar-refractivity contribution in [2.45, 2.75) is 38.5 Å². The summed E-state index contributed by atoms with van der Waals surface area (Å²) in [6, 6.07) is 18.4. The van der Waals surface area contributed by atoms with Gasteiger partial charge in [-0.2, -0.15) is 0 Å². The van der Waals surface area contributed by atoms with Gasteiger partial charge in [0.05, 0.1) is 19.3 Å². The predicted octanol–water partition coefficient (Wildman–Crippen LogP) is 4.13. The van der Waals surface area contributed by atoms with Crippen LogP contribution in [0.25, 0.3) is 0 Å². The van der Waals surface area contributed by atoms with Gasteiger partial charge >= 0.3 is 0 Å². The molecule has 1 aliphatic heterocycles. The van der Waals surface area contributed by atoms with Crippen molar-refractivity contribution in [2.75, 3.05) is 33.4 Å². The van der Waals surface area contributed by atoms with Crippen molar-refractivity contribution >= 4 is 29.9 Å². The lowest BCUT2D eigenvalue weighted by molar-refractivity contribution is -0.0390. The summed E-state index contributed by atoms with van der Waals surface area (Å²) in [6.07, 6.45) is 3.18. The zero-order valence-electron chi connectivity index (χ0n) is 18.2. The smallest absolute Gasteiger partial charge is 0.191 e. The Hall–Kier alpha value is -1.84. The van der Waals surface area contributed by atoms with Crippen molar-refractivity contribution in [3.05, 3.63) is 65.7 Å². The van der Waals surface area contributed by atoms with Crippen LogP contribution in [-0.2, 0) is 22.6 Å². The average Bonchev–Trinajstić information content (AvgIpc) is 2.81. The van der Waals surface area contributed by atoms with Crippen LogP contribution < -0.4 is 15.4 Å². The first-order chi connectivity index (χ1) is 14.8. The zero-order valence-corrected chi connectivity index (χ0v) is 20.5. The summed E-state index contributed by atoms with van der Waals surface area (Å²) in [5.74, 6) is 1.69. The maximum atomic E-state index is 6.03. The van der Waals surface area contributed by atoms with E-state index in [1.165, 1.54) is 11.1 Å². The van der Waals surface area contributed by atoms with Crippen molar-refractivity contribution in [2.24, 2.45) is 4.99 Å². The third-order valence-corrected chi connectivity index (χ3v) is 4.95. The van der Waals surface area contributed by atoms with E-state index in [0.29, 0.717) is 25.9 Å². The van der Waals surface area contributed by atoms with E-state index in [2.05, 4.69) is 39.9 Å². The van der Waals surface area contributed by atoms with Gasteiger partial charge in [0.2, 0.25) is 0 Å². The fourth-order valence-electron chi connectivity index (χ4n) is 3.28. The Morgan fingerprint density at radius 1 is 1.03 bits per heavy atom. The maximum absolute atomic E-state index is 6.03. The van der Waals surface area contributed by atoms with Crippen molar-refractivity contribution in [3.63, 3.8) is 0 Å². The molecule has 7 heteroatoms. The minimum Gasteiger partial charge on any atom is -0.494 e. The van der Waals surface area contributed by atoms with Gasteiger partial charge in [0.25, 0.3) is 0 Å². The molecule has 0 unspecified atom stereocenters. The highest BCUT2D eigenvalue weighted by Gasteiger charge is 2.14. The first-order valence-corrected chi connectivity index (χ1v) is 10.7. The van der Waals surface area contributed by atoms with E-state index < -0.39 is 0 Å². The lowest BCUT2D eigenvalue weighted by atomic mass is 10.1. The number of guanidine groups is 1. The Morgan fingerprint density at radius 3 is 2.58 bits per heavy atom. The van der Waals surface area contributed by atoms with Crippen LogP contribution >= 0.6 is 24.0 Å². The lowest BCUT2D eigenvalue weighted by Crippen LogP contribution is -2.37. The maximum Gasteiger partial charge on any atom is 0.191 e. The van der Waals surface area contributed by atoms with Crippen LogP contribution in [0.1, 0.15) is 30.4 Å². The number of aliphatic imine (C=N–C) groups is 1.